The van der Waals surface area contributed by atoms with Crippen LogP contribution < -0.4 is 0 Å². The van der Waals surface area contributed by atoms with Crippen LogP contribution in [0.15, 0.2) is 17.0 Å². The summed E-state index contributed by atoms with van der Waals surface area (Å²) in [5.74, 6) is -2.97. The minimum Gasteiger partial charge on any atom is -0.477 e. The van der Waals surface area contributed by atoms with E-state index in [1.54, 1.807) is 11.4 Å². The molecule has 14 heavy (non-hydrogen) atoms. The average Bonchev–Trinajstić information content (AvgIpc) is 2.46. The summed E-state index contributed by atoms with van der Waals surface area (Å²) in [6, 6.07) is 1.55. The Bertz CT molecular complexity index is 391. The van der Waals surface area contributed by atoms with Crippen molar-refractivity contribution in [3.63, 3.8) is 0 Å². The van der Waals surface area contributed by atoms with Gasteiger partial charge in [0.05, 0.1) is 0 Å². The number of hydrogen-bond acceptors (Lipinski definition) is 3. The van der Waals surface area contributed by atoms with Crippen LogP contribution in [-0.2, 0) is 9.59 Å². The Morgan fingerprint density at radius 1 is 1.36 bits per heavy atom. The standard InChI is InChI=1S/C8H5ClO4S/c9-6-4(1-2-14-6)3-5(7(10)11)8(12)13/h1-3H,(H,10,11)(H,12,13). The van der Waals surface area contributed by atoms with Gasteiger partial charge in [0.15, 0.2) is 0 Å². The Morgan fingerprint density at radius 2 is 1.93 bits per heavy atom. The number of carboxylic acid groups (broad SMARTS) is 2. The molecule has 6 heteroatoms. The molecule has 4 nitrogen and oxygen atoms in total. The van der Waals surface area contributed by atoms with E-state index in [4.69, 9.17) is 21.8 Å². The normalized spacial score (nSPS) is 9.50. The van der Waals surface area contributed by atoms with Crippen molar-refractivity contribution >= 4 is 41.0 Å². The molecule has 0 unspecified atom stereocenters. The molecular formula is C8H5ClO4S. The van der Waals surface area contributed by atoms with Gasteiger partial charge in [0.1, 0.15) is 9.91 Å². The Hall–Kier alpha value is -1.33. The van der Waals surface area contributed by atoms with Crippen LogP contribution in [0.5, 0.6) is 0 Å². The molecule has 0 aliphatic rings. The van der Waals surface area contributed by atoms with Crippen molar-refractivity contribution in [2.75, 3.05) is 0 Å². The molecule has 0 fully saturated rings. The first-order valence-electron chi connectivity index (χ1n) is 3.43. The molecule has 0 saturated heterocycles. The summed E-state index contributed by atoms with van der Waals surface area (Å²) in [7, 11) is 0. The number of hydrogen-bond donors (Lipinski definition) is 2. The highest BCUT2D eigenvalue weighted by molar-refractivity contribution is 7.14. The maximum atomic E-state index is 10.5. The molecule has 2 N–H and O–H groups in total. The van der Waals surface area contributed by atoms with Gasteiger partial charge < -0.3 is 10.2 Å². The fraction of sp³-hybridized carbons (Fsp3) is 0. The molecule has 0 aromatic carbocycles. The molecular weight excluding hydrogens is 228 g/mol. The molecule has 0 aliphatic carbocycles. The number of carboxylic acids is 2. The zero-order chi connectivity index (χ0) is 10.7. The molecule has 0 spiro atoms. The van der Waals surface area contributed by atoms with Crippen LogP contribution in [0, 0.1) is 0 Å². The third kappa shape index (κ3) is 2.34. The second-order valence-corrected chi connectivity index (χ2v) is 3.84. The fourth-order valence-electron chi connectivity index (χ4n) is 0.776. The van der Waals surface area contributed by atoms with Gasteiger partial charge in [-0.05, 0) is 17.5 Å². The van der Waals surface area contributed by atoms with Crippen LogP contribution >= 0.6 is 22.9 Å². The highest BCUT2D eigenvalue weighted by Crippen LogP contribution is 2.24. The molecule has 0 atom stereocenters. The highest BCUT2D eigenvalue weighted by Gasteiger charge is 2.16. The summed E-state index contributed by atoms with van der Waals surface area (Å²) >= 11 is 6.89. The summed E-state index contributed by atoms with van der Waals surface area (Å²) in [6.07, 6.45) is 1.03. The van der Waals surface area contributed by atoms with E-state index in [-0.39, 0.29) is 0 Å². The van der Waals surface area contributed by atoms with E-state index in [0.29, 0.717) is 9.90 Å². The lowest BCUT2D eigenvalue weighted by atomic mass is 10.2. The lowest BCUT2D eigenvalue weighted by Crippen LogP contribution is -2.10. The van der Waals surface area contributed by atoms with E-state index in [9.17, 15) is 9.59 Å². The van der Waals surface area contributed by atoms with Gasteiger partial charge in [0, 0.05) is 5.56 Å². The van der Waals surface area contributed by atoms with Crippen molar-refractivity contribution < 1.29 is 19.8 Å². The van der Waals surface area contributed by atoms with Gasteiger partial charge in [0.25, 0.3) is 0 Å². The summed E-state index contributed by atoms with van der Waals surface area (Å²) in [5.41, 5.74) is -0.304. The smallest absolute Gasteiger partial charge is 0.343 e. The highest BCUT2D eigenvalue weighted by atomic mass is 35.5. The number of carbonyl (C=O) groups is 2. The van der Waals surface area contributed by atoms with Crippen molar-refractivity contribution in [2.24, 2.45) is 0 Å². The van der Waals surface area contributed by atoms with Gasteiger partial charge in [-0.25, -0.2) is 9.59 Å². The van der Waals surface area contributed by atoms with Gasteiger partial charge in [-0.1, -0.05) is 11.6 Å². The molecule has 0 bridgehead atoms. The average molecular weight is 233 g/mol. The Kier molecular flexibility index (Phi) is 3.27. The largest absolute Gasteiger partial charge is 0.477 e. The van der Waals surface area contributed by atoms with E-state index in [1.165, 1.54) is 11.3 Å². The van der Waals surface area contributed by atoms with Crippen molar-refractivity contribution in [2.45, 2.75) is 0 Å². The third-order valence-electron chi connectivity index (χ3n) is 1.41. The van der Waals surface area contributed by atoms with Crippen LogP contribution in [0.25, 0.3) is 6.08 Å². The van der Waals surface area contributed by atoms with Crippen LogP contribution in [0.4, 0.5) is 0 Å². The van der Waals surface area contributed by atoms with Crippen LogP contribution in [0.1, 0.15) is 5.56 Å². The van der Waals surface area contributed by atoms with Gasteiger partial charge in [-0.3, -0.25) is 0 Å². The molecule has 0 aliphatic heterocycles. The predicted octanol–water partition coefficient (Wildman–Crippen LogP) is 1.95. The van der Waals surface area contributed by atoms with Crippen LogP contribution in [0.2, 0.25) is 4.34 Å². The molecule has 0 radical (unpaired) electrons. The minimum absolute atomic E-state index is 0.366. The first kappa shape index (κ1) is 10.7. The van der Waals surface area contributed by atoms with Crippen molar-refractivity contribution in [1.29, 1.82) is 0 Å². The summed E-state index contributed by atoms with van der Waals surface area (Å²) in [5, 5.41) is 18.7. The third-order valence-corrected chi connectivity index (χ3v) is 2.61. The summed E-state index contributed by atoms with van der Waals surface area (Å²) in [4.78, 5) is 21.0. The van der Waals surface area contributed by atoms with Crippen LogP contribution in [-0.4, -0.2) is 22.2 Å². The molecule has 1 rings (SSSR count). The quantitative estimate of drug-likeness (QED) is 0.475. The van der Waals surface area contributed by atoms with Crippen LogP contribution in [0.3, 0.4) is 0 Å². The minimum atomic E-state index is -1.49. The Morgan fingerprint density at radius 3 is 2.29 bits per heavy atom. The number of rotatable bonds is 3. The SMILES string of the molecule is O=C(O)C(=Cc1ccsc1Cl)C(=O)O. The molecule has 1 aromatic rings. The monoisotopic (exact) mass is 232 g/mol. The van der Waals surface area contributed by atoms with Gasteiger partial charge in [-0.2, -0.15) is 0 Å². The summed E-state index contributed by atoms with van der Waals surface area (Å²) in [6.45, 7) is 0. The zero-order valence-corrected chi connectivity index (χ0v) is 8.30. The van der Waals surface area contributed by atoms with Crippen molar-refractivity contribution in [3.8, 4) is 0 Å². The number of aliphatic carboxylic acids is 2. The molecule has 0 amide bonds. The fourth-order valence-corrected chi connectivity index (χ4v) is 1.64. The molecule has 1 aromatic heterocycles. The first-order valence-corrected chi connectivity index (χ1v) is 4.69. The summed E-state index contributed by atoms with van der Waals surface area (Å²) < 4.78 is 0.366. The van der Waals surface area contributed by atoms with Gasteiger partial charge in [0.2, 0.25) is 0 Å². The predicted molar refractivity (Wildman–Crippen MR) is 52.6 cm³/mol. The van der Waals surface area contributed by atoms with E-state index >= 15 is 0 Å². The van der Waals surface area contributed by atoms with Gasteiger partial charge >= 0.3 is 11.9 Å². The Balaban J connectivity index is 3.12. The Labute approximate surface area is 88.1 Å². The van der Waals surface area contributed by atoms with Gasteiger partial charge in [-0.15, -0.1) is 11.3 Å². The first-order chi connectivity index (χ1) is 6.52. The maximum Gasteiger partial charge on any atom is 0.343 e. The lowest BCUT2D eigenvalue weighted by Gasteiger charge is -1.94. The number of thiophene rings is 1. The lowest BCUT2D eigenvalue weighted by molar-refractivity contribution is -0.139. The van der Waals surface area contributed by atoms with E-state index in [0.717, 1.165) is 6.08 Å². The van der Waals surface area contributed by atoms with E-state index in [1.807, 2.05) is 0 Å². The molecule has 1 heterocycles. The number of halogens is 1. The van der Waals surface area contributed by atoms with Crippen molar-refractivity contribution in [1.82, 2.24) is 0 Å². The molecule has 0 saturated carbocycles. The van der Waals surface area contributed by atoms with E-state index in [2.05, 4.69) is 0 Å². The maximum absolute atomic E-state index is 10.5. The second-order valence-electron chi connectivity index (χ2n) is 2.32. The molecule has 74 valence electrons. The topological polar surface area (TPSA) is 74.6 Å². The van der Waals surface area contributed by atoms with Crippen molar-refractivity contribution in [3.05, 3.63) is 26.9 Å². The van der Waals surface area contributed by atoms with E-state index < -0.39 is 17.5 Å². The zero-order valence-electron chi connectivity index (χ0n) is 6.73. The second kappa shape index (κ2) is 4.26.